The second kappa shape index (κ2) is 11.6. The molecule has 0 aromatic heterocycles. The van der Waals surface area contributed by atoms with Crippen molar-refractivity contribution in [3.63, 3.8) is 0 Å². The fraction of sp³-hybridized carbons (Fsp3) is 0.214. The van der Waals surface area contributed by atoms with Crippen molar-refractivity contribution in [3.8, 4) is 17.2 Å². The first kappa shape index (κ1) is 28.2. The monoisotopic (exact) mass is 601 g/mol. The largest absolute Gasteiger partial charge is 0.495 e. The van der Waals surface area contributed by atoms with Gasteiger partial charge in [-0.25, -0.2) is 9.18 Å². The van der Waals surface area contributed by atoms with E-state index in [9.17, 15) is 23.6 Å². The molecule has 0 spiro atoms. The molecule has 13 heteroatoms. The lowest BCUT2D eigenvalue weighted by atomic mass is 10.0. The van der Waals surface area contributed by atoms with Crippen LogP contribution >= 0.6 is 23.2 Å². The molecule has 1 saturated heterocycles. The van der Waals surface area contributed by atoms with E-state index in [1.807, 2.05) is 0 Å². The maximum atomic E-state index is 14.7. The molecule has 212 valence electrons. The van der Waals surface area contributed by atoms with Crippen molar-refractivity contribution in [1.29, 1.82) is 0 Å². The highest BCUT2D eigenvalue weighted by Crippen LogP contribution is 2.36. The molecule has 0 saturated carbocycles. The van der Waals surface area contributed by atoms with Gasteiger partial charge >= 0.3 is 6.09 Å². The highest BCUT2D eigenvalue weighted by atomic mass is 35.5. The zero-order valence-electron chi connectivity index (χ0n) is 21.5. The van der Waals surface area contributed by atoms with Crippen LogP contribution in [0.3, 0.4) is 0 Å². The lowest BCUT2D eigenvalue weighted by Gasteiger charge is -2.29. The SMILES string of the molecule is COc1c(COC(=O)Nc2ccc(Oc3cc(Cl)cc(Cl)c3)cc2F)ccc2c1C(=O)N(C1CCC(=O)NC1=O)C2. The summed E-state index contributed by atoms with van der Waals surface area (Å²) in [5.41, 5.74) is 1.13. The maximum absolute atomic E-state index is 14.7. The summed E-state index contributed by atoms with van der Waals surface area (Å²) >= 11 is 11.9. The van der Waals surface area contributed by atoms with Crippen molar-refractivity contribution in [2.24, 2.45) is 0 Å². The molecule has 2 heterocycles. The van der Waals surface area contributed by atoms with E-state index in [4.69, 9.17) is 37.4 Å². The zero-order chi connectivity index (χ0) is 29.3. The number of rotatable bonds is 7. The van der Waals surface area contributed by atoms with E-state index in [1.165, 1.54) is 42.3 Å². The highest BCUT2D eigenvalue weighted by Gasteiger charge is 2.41. The number of carbonyl (C=O) groups excluding carboxylic acids is 4. The smallest absolute Gasteiger partial charge is 0.412 e. The van der Waals surface area contributed by atoms with Crippen LogP contribution in [0.25, 0.3) is 0 Å². The first-order valence-electron chi connectivity index (χ1n) is 12.3. The van der Waals surface area contributed by atoms with Gasteiger partial charge in [0.2, 0.25) is 11.8 Å². The minimum Gasteiger partial charge on any atom is -0.495 e. The summed E-state index contributed by atoms with van der Waals surface area (Å²) < 4.78 is 31.0. The Labute approximate surface area is 243 Å². The highest BCUT2D eigenvalue weighted by molar-refractivity contribution is 6.34. The van der Waals surface area contributed by atoms with Gasteiger partial charge in [0.05, 0.1) is 18.4 Å². The van der Waals surface area contributed by atoms with Crippen molar-refractivity contribution in [2.75, 3.05) is 12.4 Å². The number of hydrogen-bond donors (Lipinski definition) is 2. The molecule has 2 aliphatic rings. The number of imide groups is 1. The van der Waals surface area contributed by atoms with Gasteiger partial charge in [-0.05, 0) is 42.3 Å². The standard InChI is InChI=1S/C28H22Cl2FN3O7/c1-39-25-15(3-2-14-12-34(27(37)24(14)25)22-6-7-23(35)33-26(22)36)13-40-28(38)32-21-5-4-18(11-20(21)31)41-19-9-16(29)8-17(30)10-19/h2-5,8-11,22H,6-7,12-13H2,1H3,(H,32,38)(H,33,35,36). The van der Waals surface area contributed by atoms with Gasteiger partial charge in [0.25, 0.3) is 5.91 Å². The van der Waals surface area contributed by atoms with Gasteiger partial charge in [-0.15, -0.1) is 0 Å². The van der Waals surface area contributed by atoms with Crippen LogP contribution in [-0.4, -0.2) is 41.9 Å². The number of amides is 4. The molecule has 0 radical (unpaired) electrons. The van der Waals surface area contributed by atoms with Gasteiger partial charge in [0.15, 0.2) is 5.82 Å². The van der Waals surface area contributed by atoms with Crippen LogP contribution in [0, 0.1) is 5.82 Å². The Morgan fingerprint density at radius 3 is 2.51 bits per heavy atom. The van der Waals surface area contributed by atoms with Gasteiger partial charge in [-0.3, -0.25) is 25.0 Å². The van der Waals surface area contributed by atoms with E-state index in [0.717, 1.165) is 6.07 Å². The first-order chi connectivity index (χ1) is 19.6. The number of piperidine rings is 1. The number of nitrogens with zero attached hydrogens (tertiary/aromatic N) is 1. The lowest BCUT2D eigenvalue weighted by Crippen LogP contribution is -2.52. The van der Waals surface area contributed by atoms with Gasteiger partial charge < -0.3 is 19.1 Å². The summed E-state index contributed by atoms with van der Waals surface area (Å²) in [5, 5.41) is 5.29. The van der Waals surface area contributed by atoms with E-state index in [2.05, 4.69) is 10.6 Å². The Kier molecular flexibility index (Phi) is 8.00. The van der Waals surface area contributed by atoms with Gasteiger partial charge in [0, 0.05) is 34.6 Å². The van der Waals surface area contributed by atoms with Gasteiger partial charge in [-0.2, -0.15) is 0 Å². The number of methoxy groups -OCH3 is 1. The third kappa shape index (κ3) is 6.06. The first-order valence-corrected chi connectivity index (χ1v) is 13.1. The number of anilines is 1. The van der Waals surface area contributed by atoms with Crippen LogP contribution in [-0.2, 0) is 27.5 Å². The van der Waals surface area contributed by atoms with Crippen LogP contribution < -0.4 is 20.1 Å². The predicted molar refractivity (Wildman–Crippen MR) is 146 cm³/mol. The summed E-state index contributed by atoms with van der Waals surface area (Å²) in [7, 11) is 1.37. The fourth-order valence-corrected chi connectivity index (χ4v) is 5.19. The Bertz CT molecular complexity index is 1560. The molecule has 10 nitrogen and oxygen atoms in total. The normalized spacial score (nSPS) is 16.2. The van der Waals surface area contributed by atoms with Crippen molar-refractivity contribution in [2.45, 2.75) is 32.0 Å². The third-order valence-electron chi connectivity index (χ3n) is 6.54. The van der Waals surface area contributed by atoms with Gasteiger partial charge in [-0.1, -0.05) is 35.3 Å². The summed E-state index contributed by atoms with van der Waals surface area (Å²) in [6, 6.07) is 10.9. The Morgan fingerprint density at radius 1 is 1.07 bits per heavy atom. The van der Waals surface area contributed by atoms with E-state index in [1.54, 1.807) is 12.1 Å². The molecule has 4 amide bonds. The summed E-state index contributed by atoms with van der Waals surface area (Å²) in [6.45, 7) is -0.117. The maximum Gasteiger partial charge on any atom is 0.412 e. The van der Waals surface area contributed by atoms with Crippen LogP contribution in [0.2, 0.25) is 10.0 Å². The average molecular weight is 602 g/mol. The van der Waals surface area contributed by atoms with Crippen molar-refractivity contribution in [1.82, 2.24) is 10.2 Å². The number of ether oxygens (including phenoxy) is 3. The third-order valence-corrected chi connectivity index (χ3v) is 6.98. The fourth-order valence-electron chi connectivity index (χ4n) is 4.68. The number of carbonyl (C=O) groups is 4. The van der Waals surface area contributed by atoms with Crippen molar-refractivity contribution >= 4 is 52.7 Å². The van der Waals surface area contributed by atoms with Crippen molar-refractivity contribution < 1.29 is 37.8 Å². The molecule has 1 fully saturated rings. The number of halogens is 3. The summed E-state index contributed by atoms with van der Waals surface area (Å²) in [6.07, 6.45) is -0.588. The molecular formula is C28H22Cl2FN3O7. The van der Waals surface area contributed by atoms with E-state index in [0.29, 0.717) is 26.9 Å². The molecule has 0 aliphatic carbocycles. The van der Waals surface area contributed by atoms with Crippen LogP contribution in [0.4, 0.5) is 14.9 Å². The van der Waals surface area contributed by atoms with E-state index >= 15 is 0 Å². The molecule has 2 N–H and O–H groups in total. The molecule has 1 unspecified atom stereocenters. The minimum atomic E-state index is -0.946. The Hall–Kier alpha value is -4.35. The Balaban J connectivity index is 1.23. The molecule has 2 aliphatic heterocycles. The van der Waals surface area contributed by atoms with Crippen LogP contribution in [0.15, 0.2) is 48.5 Å². The molecule has 5 rings (SSSR count). The second-order valence-corrected chi connectivity index (χ2v) is 10.1. The topological polar surface area (TPSA) is 123 Å². The molecule has 0 bridgehead atoms. The molecule has 1 atom stereocenters. The summed E-state index contributed by atoms with van der Waals surface area (Å²) in [5.74, 6) is -1.45. The molecule has 3 aromatic rings. The van der Waals surface area contributed by atoms with Crippen molar-refractivity contribution in [3.05, 3.63) is 81.1 Å². The number of hydrogen-bond acceptors (Lipinski definition) is 7. The average Bonchev–Trinajstić information content (AvgIpc) is 3.24. The lowest BCUT2D eigenvalue weighted by molar-refractivity contribution is -0.136. The van der Waals surface area contributed by atoms with Crippen LogP contribution in [0.5, 0.6) is 17.2 Å². The summed E-state index contributed by atoms with van der Waals surface area (Å²) in [4.78, 5) is 50.9. The van der Waals surface area contributed by atoms with Gasteiger partial charge in [0.1, 0.15) is 29.9 Å². The quantitative estimate of drug-likeness (QED) is 0.345. The van der Waals surface area contributed by atoms with E-state index in [-0.39, 0.29) is 54.7 Å². The minimum absolute atomic E-state index is 0.134. The molecule has 41 heavy (non-hydrogen) atoms. The van der Waals surface area contributed by atoms with Crippen LogP contribution in [0.1, 0.15) is 34.3 Å². The zero-order valence-corrected chi connectivity index (χ0v) is 23.0. The second-order valence-electron chi connectivity index (χ2n) is 9.24. The van der Waals surface area contributed by atoms with E-state index < -0.39 is 29.8 Å². The number of nitrogens with one attached hydrogen (secondary N) is 2. The molecular weight excluding hydrogens is 580 g/mol. The number of benzene rings is 3. The molecule has 3 aromatic carbocycles. The Morgan fingerprint density at radius 2 is 1.83 bits per heavy atom. The predicted octanol–water partition coefficient (Wildman–Crippen LogP) is 5.44. The number of fused-ring (bicyclic) bond motifs is 1.